The van der Waals surface area contributed by atoms with Gasteiger partial charge in [-0.2, -0.15) is 13.2 Å². The second-order valence-corrected chi connectivity index (χ2v) is 5.54. The van der Waals surface area contributed by atoms with Crippen molar-refractivity contribution in [1.82, 2.24) is 0 Å². The van der Waals surface area contributed by atoms with Crippen molar-refractivity contribution < 1.29 is 18.0 Å². The van der Waals surface area contributed by atoms with Crippen molar-refractivity contribution in [2.45, 2.75) is 83.2 Å². The van der Waals surface area contributed by atoms with Gasteiger partial charge in [0.25, 0.3) is 0 Å². The topological polar surface area (TPSA) is 17.1 Å². The monoisotopic (exact) mass is 298 g/mol. The third kappa shape index (κ3) is 17.8. The summed E-state index contributed by atoms with van der Waals surface area (Å²) in [6.45, 7) is 0. The van der Waals surface area contributed by atoms with Crippen molar-refractivity contribution in [3.8, 4) is 0 Å². The van der Waals surface area contributed by atoms with Crippen LogP contribution >= 0.6 is 12.6 Å². The molecule has 0 rings (SSSR count). The van der Waals surface area contributed by atoms with Crippen molar-refractivity contribution in [1.29, 1.82) is 0 Å². The van der Waals surface area contributed by atoms with E-state index in [2.05, 4.69) is 12.6 Å². The predicted molar refractivity (Wildman–Crippen MR) is 75.5 cm³/mol. The van der Waals surface area contributed by atoms with Crippen molar-refractivity contribution in [3.05, 3.63) is 0 Å². The first-order valence-corrected chi connectivity index (χ1v) is 7.65. The molecular formula is C14H25F3OS. The Morgan fingerprint density at radius 3 is 1.47 bits per heavy atom. The normalized spacial score (nSPS) is 11.8. The Labute approximate surface area is 119 Å². The minimum Gasteiger partial charge on any atom is -0.288 e. The van der Waals surface area contributed by atoms with E-state index in [0.717, 1.165) is 51.4 Å². The number of unbranched alkanes of at least 4 members (excludes halogenated alkanes) is 9. The van der Waals surface area contributed by atoms with Gasteiger partial charge in [-0.3, -0.25) is 4.79 Å². The van der Waals surface area contributed by atoms with Crippen LogP contribution in [-0.2, 0) is 4.79 Å². The standard InChI is InChI=1S/C14H25F3OS/c15-14(16,17)12-10-8-6-4-2-1-3-5-7-9-11-13(18)19/h1-12H2,(H,18,19). The van der Waals surface area contributed by atoms with Gasteiger partial charge >= 0.3 is 6.18 Å². The lowest BCUT2D eigenvalue weighted by molar-refractivity contribution is -0.135. The Kier molecular flexibility index (Phi) is 11.5. The first-order valence-electron chi connectivity index (χ1n) is 7.20. The third-order valence-electron chi connectivity index (χ3n) is 3.10. The van der Waals surface area contributed by atoms with E-state index in [1.807, 2.05) is 0 Å². The van der Waals surface area contributed by atoms with Crippen LogP contribution in [0.15, 0.2) is 0 Å². The lowest BCUT2D eigenvalue weighted by Gasteiger charge is -2.05. The van der Waals surface area contributed by atoms with Crippen LogP contribution in [0.2, 0.25) is 0 Å². The maximum Gasteiger partial charge on any atom is 0.389 e. The van der Waals surface area contributed by atoms with Crippen LogP contribution in [0.5, 0.6) is 0 Å². The average molecular weight is 298 g/mol. The van der Waals surface area contributed by atoms with E-state index >= 15 is 0 Å². The van der Waals surface area contributed by atoms with Crippen LogP contribution in [0.4, 0.5) is 13.2 Å². The van der Waals surface area contributed by atoms with Crippen LogP contribution in [-0.4, -0.2) is 11.3 Å². The highest BCUT2D eigenvalue weighted by atomic mass is 32.1. The molecule has 0 aromatic rings. The molecule has 114 valence electrons. The Morgan fingerprint density at radius 2 is 1.11 bits per heavy atom. The van der Waals surface area contributed by atoms with Crippen LogP contribution < -0.4 is 0 Å². The molecule has 0 aromatic carbocycles. The maximum atomic E-state index is 11.9. The maximum absolute atomic E-state index is 11.9. The Hall–Kier alpha value is -0.190. The van der Waals surface area contributed by atoms with Gasteiger partial charge in [-0.1, -0.05) is 51.4 Å². The minimum absolute atomic E-state index is 0.0427. The van der Waals surface area contributed by atoms with Gasteiger partial charge in [-0.15, -0.1) is 12.6 Å². The fourth-order valence-electron chi connectivity index (χ4n) is 2.02. The molecule has 0 saturated heterocycles. The fourth-order valence-corrected chi connectivity index (χ4v) is 2.17. The highest BCUT2D eigenvalue weighted by molar-refractivity contribution is 7.96. The summed E-state index contributed by atoms with van der Waals surface area (Å²) in [5.41, 5.74) is 0. The number of alkyl halides is 3. The van der Waals surface area contributed by atoms with Crippen LogP contribution in [0.1, 0.15) is 77.0 Å². The van der Waals surface area contributed by atoms with Gasteiger partial charge in [0.1, 0.15) is 0 Å². The van der Waals surface area contributed by atoms with Crippen molar-refractivity contribution >= 4 is 17.7 Å². The van der Waals surface area contributed by atoms with E-state index in [1.54, 1.807) is 0 Å². The summed E-state index contributed by atoms with van der Waals surface area (Å²) in [7, 11) is 0. The van der Waals surface area contributed by atoms with Gasteiger partial charge < -0.3 is 0 Å². The molecule has 0 amide bonds. The number of thiol groups is 1. The van der Waals surface area contributed by atoms with Crippen molar-refractivity contribution in [3.63, 3.8) is 0 Å². The van der Waals surface area contributed by atoms with E-state index in [1.165, 1.54) is 0 Å². The molecule has 5 heteroatoms. The lowest BCUT2D eigenvalue weighted by atomic mass is 10.1. The first-order chi connectivity index (χ1) is 8.92. The van der Waals surface area contributed by atoms with Crippen LogP contribution in [0, 0.1) is 0 Å². The second kappa shape index (κ2) is 11.6. The summed E-state index contributed by atoms with van der Waals surface area (Å²) in [4.78, 5) is 10.6. The molecular weight excluding hydrogens is 273 g/mol. The average Bonchev–Trinajstić information content (AvgIpc) is 2.28. The molecule has 0 aliphatic heterocycles. The lowest BCUT2D eigenvalue weighted by Crippen LogP contribution is -2.06. The molecule has 19 heavy (non-hydrogen) atoms. The molecule has 0 aliphatic carbocycles. The van der Waals surface area contributed by atoms with Crippen LogP contribution in [0.3, 0.4) is 0 Å². The summed E-state index contributed by atoms with van der Waals surface area (Å²) in [5, 5.41) is -0.0427. The zero-order chi connectivity index (χ0) is 14.6. The van der Waals surface area contributed by atoms with E-state index in [9.17, 15) is 18.0 Å². The molecule has 0 N–H and O–H groups in total. The van der Waals surface area contributed by atoms with E-state index < -0.39 is 12.6 Å². The van der Waals surface area contributed by atoms with Gasteiger partial charge in [0.15, 0.2) is 5.12 Å². The molecule has 1 nitrogen and oxygen atoms in total. The summed E-state index contributed by atoms with van der Waals surface area (Å²) >= 11 is 3.71. The summed E-state index contributed by atoms with van der Waals surface area (Å²) in [5.74, 6) is 0. The predicted octanol–water partition coefficient (Wildman–Crippen LogP) is 5.69. The molecule has 0 saturated carbocycles. The number of rotatable bonds is 12. The smallest absolute Gasteiger partial charge is 0.288 e. The van der Waals surface area contributed by atoms with E-state index in [-0.39, 0.29) is 11.5 Å². The van der Waals surface area contributed by atoms with Gasteiger partial charge in [-0.25, -0.2) is 0 Å². The van der Waals surface area contributed by atoms with Crippen LogP contribution in [0.25, 0.3) is 0 Å². The van der Waals surface area contributed by atoms with Gasteiger partial charge in [-0.05, 0) is 12.8 Å². The molecule has 0 spiro atoms. The van der Waals surface area contributed by atoms with E-state index in [4.69, 9.17) is 0 Å². The van der Waals surface area contributed by atoms with Gasteiger partial charge in [0, 0.05) is 12.8 Å². The summed E-state index contributed by atoms with van der Waals surface area (Å²) in [6, 6.07) is 0. The van der Waals surface area contributed by atoms with E-state index in [0.29, 0.717) is 12.8 Å². The molecule has 0 aromatic heterocycles. The molecule has 0 atom stereocenters. The largest absolute Gasteiger partial charge is 0.389 e. The first kappa shape index (κ1) is 18.8. The second-order valence-electron chi connectivity index (χ2n) is 5.04. The number of hydrogen-bond acceptors (Lipinski definition) is 1. The zero-order valence-corrected chi connectivity index (χ0v) is 12.4. The summed E-state index contributed by atoms with van der Waals surface area (Å²) < 4.78 is 35.6. The Balaban J connectivity index is 3.05. The molecule has 0 unspecified atom stereocenters. The van der Waals surface area contributed by atoms with Crippen molar-refractivity contribution in [2.75, 3.05) is 0 Å². The number of carbonyl (C=O) groups excluding carboxylic acids is 1. The highest BCUT2D eigenvalue weighted by Gasteiger charge is 2.25. The molecule has 0 aliphatic rings. The van der Waals surface area contributed by atoms with Gasteiger partial charge in [0.05, 0.1) is 0 Å². The van der Waals surface area contributed by atoms with Crippen molar-refractivity contribution in [2.24, 2.45) is 0 Å². The fraction of sp³-hybridized carbons (Fsp3) is 0.929. The molecule has 0 heterocycles. The number of halogens is 3. The highest BCUT2D eigenvalue weighted by Crippen LogP contribution is 2.23. The molecule has 0 bridgehead atoms. The quantitative estimate of drug-likeness (QED) is 0.362. The third-order valence-corrected chi connectivity index (χ3v) is 3.32. The Bertz CT molecular complexity index is 229. The summed E-state index contributed by atoms with van der Waals surface area (Å²) in [6.07, 6.45) is 5.34. The zero-order valence-electron chi connectivity index (χ0n) is 11.5. The Morgan fingerprint density at radius 1 is 0.737 bits per heavy atom. The minimum atomic E-state index is -3.99. The number of hydrogen-bond donors (Lipinski definition) is 1. The molecule has 0 radical (unpaired) electrons. The SMILES string of the molecule is O=C(S)CCCCCCCCCCCCC(F)(F)F. The number of carbonyl (C=O) groups is 1. The van der Waals surface area contributed by atoms with Gasteiger partial charge in [0.2, 0.25) is 0 Å². The molecule has 0 fully saturated rings.